The number of nitriles is 1. The molecule has 2 aromatic rings. The average molecular weight is 389 g/mol. The SMILES string of the molecule is Cc1[nH]c(=O)c(C#N)c(C)c1CCC(=O)NC(C)COc1ccc(F)cc1F. The van der Waals surface area contributed by atoms with Crippen molar-refractivity contribution in [3.8, 4) is 11.8 Å². The first-order valence-electron chi connectivity index (χ1n) is 8.72. The minimum atomic E-state index is -0.809. The van der Waals surface area contributed by atoms with Crippen LogP contribution in [0.3, 0.4) is 0 Å². The van der Waals surface area contributed by atoms with Crippen molar-refractivity contribution in [2.75, 3.05) is 6.61 Å². The summed E-state index contributed by atoms with van der Waals surface area (Å²) in [6.07, 6.45) is 0.503. The molecule has 1 aromatic carbocycles. The van der Waals surface area contributed by atoms with E-state index in [2.05, 4.69) is 10.3 Å². The lowest BCUT2D eigenvalue weighted by Gasteiger charge is -2.16. The second kappa shape index (κ2) is 9.13. The Labute approximate surface area is 161 Å². The molecule has 148 valence electrons. The van der Waals surface area contributed by atoms with Gasteiger partial charge in [-0.05, 0) is 50.5 Å². The highest BCUT2D eigenvalue weighted by atomic mass is 19.1. The molecule has 0 aliphatic heterocycles. The topological polar surface area (TPSA) is 95.0 Å². The summed E-state index contributed by atoms with van der Waals surface area (Å²) in [7, 11) is 0. The first-order chi connectivity index (χ1) is 13.2. The zero-order chi connectivity index (χ0) is 20.8. The van der Waals surface area contributed by atoms with Crippen LogP contribution in [-0.4, -0.2) is 23.5 Å². The smallest absolute Gasteiger partial charge is 0.266 e. The molecule has 0 saturated heterocycles. The summed E-state index contributed by atoms with van der Waals surface area (Å²) in [4.78, 5) is 26.5. The number of carbonyl (C=O) groups is 1. The van der Waals surface area contributed by atoms with E-state index >= 15 is 0 Å². The summed E-state index contributed by atoms with van der Waals surface area (Å²) in [5.41, 5.74) is 1.55. The van der Waals surface area contributed by atoms with E-state index in [-0.39, 0.29) is 30.2 Å². The number of hydrogen-bond donors (Lipinski definition) is 2. The van der Waals surface area contributed by atoms with Gasteiger partial charge in [0.15, 0.2) is 11.6 Å². The standard InChI is InChI=1S/C20H21F2N3O3/c1-11(10-28-18-6-4-14(21)8-17(18)22)24-19(26)7-5-15-12(2)16(9-23)20(27)25-13(15)3/h4,6,8,11H,5,7,10H2,1-3H3,(H,24,26)(H,25,27). The van der Waals surface area contributed by atoms with Gasteiger partial charge in [0, 0.05) is 18.2 Å². The van der Waals surface area contributed by atoms with Crippen molar-refractivity contribution in [1.82, 2.24) is 10.3 Å². The van der Waals surface area contributed by atoms with Crippen molar-refractivity contribution in [3.63, 3.8) is 0 Å². The number of amides is 1. The van der Waals surface area contributed by atoms with Gasteiger partial charge in [0.25, 0.3) is 5.56 Å². The van der Waals surface area contributed by atoms with Crippen LogP contribution in [0.2, 0.25) is 0 Å². The molecule has 28 heavy (non-hydrogen) atoms. The molecule has 6 nitrogen and oxygen atoms in total. The average Bonchev–Trinajstić information content (AvgIpc) is 2.60. The van der Waals surface area contributed by atoms with E-state index in [1.54, 1.807) is 20.8 Å². The van der Waals surface area contributed by atoms with E-state index in [4.69, 9.17) is 10.00 Å². The lowest BCUT2D eigenvalue weighted by molar-refractivity contribution is -0.121. The zero-order valence-corrected chi connectivity index (χ0v) is 15.9. The molecule has 0 aliphatic carbocycles. The second-order valence-corrected chi connectivity index (χ2v) is 6.52. The van der Waals surface area contributed by atoms with E-state index in [1.165, 1.54) is 6.07 Å². The van der Waals surface area contributed by atoms with E-state index in [9.17, 15) is 18.4 Å². The van der Waals surface area contributed by atoms with Gasteiger partial charge < -0.3 is 15.0 Å². The Balaban J connectivity index is 1.90. The lowest BCUT2D eigenvalue weighted by Crippen LogP contribution is -2.37. The van der Waals surface area contributed by atoms with Crippen LogP contribution in [0.1, 0.15) is 35.7 Å². The number of aromatic nitrogens is 1. The highest BCUT2D eigenvalue weighted by Gasteiger charge is 2.15. The first kappa shape index (κ1) is 21.1. The molecule has 0 saturated carbocycles. The van der Waals surface area contributed by atoms with Crippen LogP contribution in [0.15, 0.2) is 23.0 Å². The molecule has 0 spiro atoms. The fraction of sp³-hybridized carbons (Fsp3) is 0.350. The van der Waals surface area contributed by atoms with Crippen LogP contribution < -0.4 is 15.6 Å². The number of nitrogens with zero attached hydrogens (tertiary/aromatic N) is 1. The quantitative estimate of drug-likeness (QED) is 0.761. The van der Waals surface area contributed by atoms with Crippen molar-refractivity contribution in [2.24, 2.45) is 0 Å². The minimum Gasteiger partial charge on any atom is -0.488 e. The van der Waals surface area contributed by atoms with Crippen LogP contribution in [0, 0.1) is 36.8 Å². The summed E-state index contributed by atoms with van der Waals surface area (Å²) < 4.78 is 31.7. The summed E-state index contributed by atoms with van der Waals surface area (Å²) in [5, 5.41) is 11.8. The van der Waals surface area contributed by atoms with Crippen LogP contribution in [-0.2, 0) is 11.2 Å². The van der Waals surface area contributed by atoms with Crippen molar-refractivity contribution in [2.45, 2.75) is 39.7 Å². The molecule has 0 bridgehead atoms. The van der Waals surface area contributed by atoms with Crippen molar-refractivity contribution in [3.05, 3.63) is 62.6 Å². The fourth-order valence-electron chi connectivity index (χ4n) is 2.85. The van der Waals surface area contributed by atoms with E-state index in [1.807, 2.05) is 6.07 Å². The van der Waals surface area contributed by atoms with E-state index < -0.39 is 23.2 Å². The van der Waals surface area contributed by atoms with Gasteiger partial charge in [-0.3, -0.25) is 9.59 Å². The number of hydrogen-bond acceptors (Lipinski definition) is 4. The Morgan fingerprint density at radius 1 is 1.36 bits per heavy atom. The molecule has 1 atom stereocenters. The number of H-pyrrole nitrogens is 1. The molecule has 2 rings (SSSR count). The number of aromatic amines is 1. The fourth-order valence-corrected chi connectivity index (χ4v) is 2.85. The van der Waals surface area contributed by atoms with Crippen LogP contribution >= 0.6 is 0 Å². The number of ether oxygens (including phenoxy) is 1. The van der Waals surface area contributed by atoms with Gasteiger partial charge >= 0.3 is 0 Å². The molecule has 1 aromatic heterocycles. The molecule has 0 fully saturated rings. The number of nitrogens with one attached hydrogen (secondary N) is 2. The van der Waals surface area contributed by atoms with Gasteiger partial charge in [-0.2, -0.15) is 5.26 Å². The number of benzene rings is 1. The molecule has 1 unspecified atom stereocenters. The van der Waals surface area contributed by atoms with Crippen LogP contribution in [0.5, 0.6) is 5.75 Å². The minimum absolute atomic E-state index is 0.0174. The zero-order valence-electron chi connectivity index (χ0n) is 15.9. The Hall–Kier alpha value is -3.21. The van der Waals surface area contributed by atoms with Gasteiger partial charge in [-0.15, -0.1) is 0 Å². The summed E-state index contributed by atoms with van der Waals surface area (Å²) >= 11 is 0. The Kier molecular flexibility index (Phi) is 6.88. The van der Waals surface area contributed by atoms with Crippen molar-refractivity contribution >= 4 is 5.91 Å². The molecule has 2 N–H and O–H groups in total. The molecule has 1 amide bonds. The molecule has 0 aliphatic rings. The number of pyridine rings is 1. The molecule has 0 radical (unpaired) electrons. The molecule has 8 heteroatoms. The number of rotatable bonds is 7. The largest absolute Gasteiger partial charge is 0.488 e. The van der Waals surface area contributed by atoms with Gasteiger partial charge in [0.05, 0.1) is 6.04 Å². The number of aryl methyl sites for hydroxylation is 1. The summed E-state index contributed by atoms with van der Waals surface area (Å²) in [6.45, 7) is 5.12. The maximum Gasteiger partial charge on any atom is 0.266 e. The Morgan fingerprint density at radius 2 is 2.07 bits per heavy atom. The number of carbonyl (C=O) groups excluding carboxylic acids is 1. The highest BCUT2D eigenvalue weighted by molar-refractivity contribution is 5.76. The summed E-state index contributed by atoms with van der Waals surface area (Å²) in [6, 6.07) is 4.48. The maximum absolute atomic E-state index is 13.5. The lowest BCUT2D eigenvalue weighted by atomic mass is 9.99. The predicted octanol–water partition coefficient (Wildman–Crippen LogP) is 2.66. The predicted molar refractivity (Wildman–Crippen MR) is 99.0 cm³/mol. The molecular formula is C20H21F2N3O3. The Morgan fingerprint density at radius 3 is 2.71 bits per heavy atom. The van der Waals surface area contributed by atoms with Crippen LogP contribution in [0.25, 0.3) is 0 Å². The van der Waals surface area contributed by atoms with E-state index in [0.29, 0.717) is 17.7 Å². The third kappa shape index (κ3) is 5.16. The third-order valence-corrected chi connectivity index (χ3v) is 4.31. The van der Waals surface area contributed by atoms with Gasteiger partial charge in [0.2, 0.25) is 5.91 Å². The Bertz CT molecular complexity index is 980. The molecular weight excluding hydrogens is 368 g/mol. The normalized spacial score (nSPS) is 11.6. The number of halogens is 2. The van der Waals surface area contributed by atoms with Gasteiger partial charge in [0.1, 0.15) is 24.1 Å². The van der Waals surface area contributed by atoms with Gasteiger partial charge in [-0.25, -0.2) is 8.78 Å². The second-order valence-electron chi connectivity index (χ2n) is 6.52. The highest BCUT2D eigenvalue weighted by Crippen LogP contribution is 2.18. The molecule has 1 heterocycles. The van der Waals surface area contributed by atoms with Crippen LogP contribution in [0.4, 0.5) is 8.78 Å². The monoisotopic (exact) mass is 389 g/mol. The van der Waals surface area contributed by atoms with E-state index in [0.717, 1.165) is 17.7 Å². The maximum atomic E-state index is 13.5. The van der Waals surface area contributed by atoms with Gasteiger partial charge in [-0.1, -0.05) is 0 Å². The third-order valence-electron chi connectivity index (χ3n) is 4.31. The summed E-state index contributed by atoms with van der Waals surface area (Å²) in [5.74, 6) is -1.85. The van der Waals surface area contributed by atoms with Crippen molar-refractivity contribution < 1.29 is 18.3 Å². The first-order valence-corrected chi connectivity index (χ1v) is 8.72. The van der Waals surface area contributed by atoms with Crippen molar-refractivity contribution in [1.29, 1.82) is 5.26 Å².